The van der Waals surface area contributed by atoms with Gasteiger partial charge in [-0.05, 0) is 53.0 Å². The molecule has 1 heterocycles. The molecule has 0 bridgehead atoms. The van der Waals surface area contributed by atoms with Gasteiger partial charge in [-0.2, -0.15) is 0 Å². The summed E-state index contributed by atoms with van der Waals surface area (Å²) >= 11 is 3.27. The highest BCUT2D eigenvalue weighted by Gasteiger charge is 2.27. The average Bonchev–Trinajstić information content (AvgIpc) is 2.80. The third-order valence-corrected chi connectivity index (χ3v) is 3.76. The number of likely N-dealkylation sites (tertiary alicyclic amines) is 1. The van der Waals surface area contributed by atoms with Gasteiger partial charge < -0.3 is 10.6 Å². The lowest BCUT2D eigenvalue weighted by Crippen LogP contribution is -2.30. The average molecular weight is 338 g/mol. The summed E-state index contributed by atoms with van der Waals surface area (Å²) in [5.41, 5.74) is 5.96. The van der Waals surface area contributed by atoms with Crippen LogP contribution in [0.3, 0.4) is 0 Å². The van der Waals surface area contributed by atoms with E-state index in [1.807, 2.05) is 0 Å². The lowest BCUT2D eigenvalue weighted by atomic mass is 10.1. The number of rotatable bonds is 2. The molecule has 0 radical (unpaired) electrons. The van der Waals surface area contributed by atoms with Crippen LogP contribution in [0.1, 0.15) is 16.8 Å². The Labute approximate surface area is 120 Å². The number of nitrogens with two attached hydrogens (primary N) is 1. The van der Waals surface area contributed by atoms with E-state index < -0.39 is 5.82 Å². The van der Waals surface area contributed by atoms with Gasteiger partial charge in [-0.15, -0.1) is 12.4 Å². The van der Waals surface area contributed by atoms with Crippen molar-refractivity contribution in [3.8, 4) is 0 Å². The molecule has 1 atom stereocenters. The lowest BCUT2D eigenvalue weighted by molar-refractivity contribution is 0.0786. The molecule has 1 aromatic rings. The van der Waals surface area contributed by atoms with Crippen molar-refractivity contribution in [3.05, 3.63) is 34.1 Å². The summed E-state index contributed by atoms with van der Waals surface area (Å²) in [6.45, 7) is 1.95. The predicted molar refractivity (Wildman–Crippen MR) is 74.4 cm³/mol. The molecule has 1 amide bonds. The fourth-order valence-electron chi connectivity index (χ4n) is 2.04. The van der Waals surface area contributed by atoms with Crippen molar-refractivity contribution >= 4 is 34.2 Å². The molecule has 1 unspecified atom stereocenters. The van der Waals surface area contributed by atoms with Gasteiger partial charge in [0.15, 0.2) is 0 Å². The molecule has 1 aliphatic rings. The Bertz CT molecular complexity index is 444. The second-order valence-corrected chi connectivity index (χ2v) is 5.12. The van der Waals surface area contributed by atoms with Crippen LogP contribution in [0.15, 0.2) is 22.7 Å². The Balaban J connectivity index is 0.00000162. The van der Waals surface area contributed by atoms with Gasteiger partial charge >= 0.3 is 0 Å². The fourth-order valence-corrected chi connectivity index (χ4v) is 2.46. The minimum atomic E-state index is -0.397. The third kappa shape index (κ3) is 3.22. The van der Waals surface area contributed by atoms with Gasteiger partial charge in [0.2, 0.25) is 0 Å². The number of hydrogen-bond acceptors (Lipinski definition) is 2. The van der Waals surface area contributed by atoms with Gasteiger partial charge in [0.25, 0.3) is 5.91 Å². The smallest absolute Gasteiger partial charge is 0.255 e. The maximum absolute atomic E-state index is 13.1. The second kappa shape index (κ2) is 6.50. The summed E-state index contributed by atoms with van der Waals surface area (Å²) in [5.74, 6) is -0.162. The molecule has 0 aliphatic carbocycles. The van der Waals surface area contributed by atoms with E-state index in [1.54, 1.807) is 11.0 Å². The van der Waals surface area contributed by atoms with E-state index in [1.165, 1.54) is 12.1 Å². The van der Waals surface area contributed by atoms with Crippen molar-refractivity contribution in [2.45, 2.75) is 6.42 Å². The van der Waals surface area contributed by atoms with Crippen LogP contribution in [0, 0.1) is 11.7 Å². The summed E-state index contributed by atoms with van der Waals surface area (Å²) in [7, 11) is 0. The van der Waals surface area contributed by atoms with Crippen molar-refractivity contribution < 1.29 is 9.18 Å². The highest BCUT2D eigenvalue weighted by Crippen LogP contribution is 2.23. The van der Waals surface area contributed by atoms with E-state index in [9.17, 15) is 9.18 Å². The zero-order valence-electron chi connectivity index (χ0n) is 9.73. The monoisotopic (exact) mass is 336 g/mol. The van der Waals surface area contributed by atoms with Crippen LogP contribution >= 0.6 is 28.3 Å². The largest absolute Gasteiger partial charge is 0.338 e. The van der Waals surface area contributed by atoms with Crippen LogP contribution in [0.5, 0.6) is 0 Å². The summed E-state index contributed by atoms with van der Waals surface area (Å²) in [5, 5.41) is 0. The fraction of sp³-hybridized carbons (Fsp3) is 0.417. The molecule has 0 saturated carbocycles. The standard InChI is InChI=1S/C12H14BrFN2O.ClH/c13-11-2-1-9(14)5-10(11)12(17)16-4-3-8(6-15)7-16;/h1-2,5,8H,3-4,6-7,15H2;1H. The van der Waals surface area contributed by atoms with E-state index in [0.717, 1.165) is 6.42 Å². The molecular formula is C12H15BrClFN2O. The first-order valence-corrected chi connectivity index (χ1v) is 6.35. The van der Waals surface area contributed by atoms with Crippen molar-refractivity contribution in [1.82, 2.24) is 4.90 Å². The summed E-state index contributed by atoms with van der Waals surface area (Å²) < 4.78 is 13.8. The van der Waals surface area contributed by atoms with Crippen molar-refractivity contribution in [3.63, 3.8) is 0 Å². The van der Waals surface area contributed by atoms with Gasteiger partial charge in [0.05, 0.1) is 5.56 Å². The number of nitrogens with zero attached hydrogens (tertiary/aromatic N) is 1. The van der Waals surface area contributed by atoms with E-state index in [-0.39, 0.29) is 18.3 Å². The molecule has 1 saturated heterocycles. The van der Waals surface area contributed by atoms with Crippen molar-refractivity contribution in [2.24, 2.45) is 11.7 Å². The minimum absolute atomic E-state index is 0. The van der Waals surface area contributed by atoms with E-state index >= 15 is 0 Å². The molecule has 0 spiro atoms. The number of halogens is 3. The zero-order chi connectivity index (χ0) is 12.4. The summed E-state index contributed by atoms with van der Waals surface area (Å²) in [6.07, 6.45) is 0.926. The molecule has 100 valence electrons. The maximum atomic E-state index is 13.1. The molecule has 6 heteroatoms. The number of carbonyl (C=O) groups is 1. The highest BCUT2D eigenvalue weighted by atomic mass is 79.9. The Kier molecular flexibility index (Phi) is 5.56. The molecule has 1 fully saturated rings. The topological polar surface area (TPSA) is 46.3 Å². The Morgan fingerprint density at radius 3 is 2.89 bits per heavy atom. The Morgan fingerprint density at radius 1 is 1.56 bits per heavy atom. The quantitative estimate of drug-likeness (QED) is 0.901. The van der Waals surface area contributed by atoms with Gasteiger partial charge in [0.1, 0.15) is 5.82 Å². The lowest BCUT2D eigenvalue weighted by Gasteiger charge is -2.17. The zero-order valence-corrected chi connectivity index (χ0v) is 12.1. The molecule has 1 aliphatic heterocycles. The molecule has 2 rings (SSSR count). The van der Waals surface area contributed by atoms with Gasteiger partial charge in [0, 0.05) is 17.6 Å². The van der Waals surface area contributed by atoms with E-state index in [4.69, 9.17) is 5.73 Å². The SMILES string of the molecule is Cl.NCC1CCN(C(=O)c2cc(F)ccc2Br)C1. The molecule has 2 N–H and O–H groups in total. The summed E-state index contributed by atoms with van der Waals surface area (Å²) in [6, 6.07) is 4.15. The van der Waals surface area contributed by atoms with Crippen molar-refractivity contribution in [2.75, 3.05) is 19.6 Å². The highest BCUT2D eigenvalue weighted by molar-refractivity contribution is 9.10. The number of benzene rings is 1. The minimum Gasteiger partial charge on any atom is -0.338 e. The first kappa shape index (κ1) is 15.4. The first-order chi connectivity index (χ1) is 8.11. The van der Waals surface area contributed by atoms with E-state index in [0.29, 0.717) is 35.6 Å². The third-order valence-electron chi connectivity index (χ3n) is 3.07. The van der Waals surface area contributed by atoms with Crippen LogP contribution in [0.2, 0.25) is 0 Å². The van der Waals surface area contributed by atoms with Crippen LogP contribution in [-0.4, -0.2) is 30.4 Å². The van der Waals surface area contributed by atoms with Crippen LogP contribution < -0.4 is 5.73 Å². The maximum Gasteiger partial charge on any atom is 0.255 e. The Morgan fingerprint density at radius 2 is 2.28 bits per heavy atom. The van der Waals surface area contributed by atoms with Crippen LogP contribution in [0.4, 0.5) is 4.39 Å². The first-order valence-electron chi connectivity index (χ1n) is 5.56. The predicted octanol–water partition coefficient (Wildman–Crippen LogP) is 2.43. The number of hydrogen-bond donors (Lipinski definition) is 1. The molecular weight excluding hydrogens is 322 g/mol. The number of amides is 1. The Hall–Kier alpha value is -0.650. The molecule has 1 aromatic carbocycles. The second-order valence-electron chi connectivity index (χ2n) is 4.27. The normalized spacial score (nSPS) is 18.6. The van der Waals surface area contributed by atoms with Gasteiger partial charge in [-0.25, -0.2) is 4.39 Å². The van der Waals surface area contributed by atoms with Gasteiger partial charge in [-0.3, -0.25) is 4.79 Å². The summed E-state index contributed by atoms with van der Waals surface area (Å²) in [4.78, 5) is 13.9. The van der Waals surface area contributed by atoms with Crippen LogP contribution in [-0.2, 0) is 0 Å². The number of carbonyl (C=O) groups excluding carboxylic acids is 1. The molecule has 0 aromatic heterocycles. The molecule has 18 heavy (non-hydrogen) atoms. The van der Waals surface area contributed by atoms with E-state index in [2.05, 4.69) is 15.9 Å². The van der Waals surface area contributed by atoms with Crippen LogP contribution in [0.25, 0.3) is 0 Å². The molecule has 3 nitrogen and oxygen atoms in total. The van der Waals surface area contributed by atoms with Crippen molar-refractivity contribution in [1.29, 1.82) is 0 Å². The van der Waals surface area contributed by atoms with Gasteiger partial charge in [-0.1, -0.05) is 0 Å².